The van der Waals surface area contributed by atoms with Gasteiger partial charge in [-0.25, -0.2) is 0 Å². The number of para-hydroxylation sites is 1. The van der Waals surface area contributed by atoms with Crippen LogP contribution < -0.4 is 19.7 Å². The van der Waals surface area contributed by atoms with Gasteiger partial charge in [-0.2, -0.15) is 0 Å². The second kappa shape index (κ2) is 10.4. The van der Waals surface area contributed by atoms with Crippen LogP contribution in [0.15, 0.2) is 72.1 Å². The molecule has 0 atom stereocenters. The molecule has 3 aromatic rings. The van der Waals surface area contributed by atoms with Crippen LogP contribution in [-0.4, -0.2) is 32.7 Å². The third-order valence-electron chi connectivity index (χ3n) is 4.14. The van der Waals surface area contributed by atoms with Crippen molar-refractivity contribution in [1.29, 1.82) is 0 Å². The number of thiophene rings is 1. The molecule has 0 radical (unpaired) electrons. The smallest absolute Gasteiger partial charge is 0.239 e. The van der Waals surface area contributed by atoms with Gasteiger partial charge in [0, 0.05) is 10.6 Å². The summed E-state index contributed by atoms with van der Waals surface area (Å²) in [5.41, 5.74) is 0.977. The molecule has 0 aliphatic rings. The summed E-state index contributed by atoms with van der Waals surface area (Å²) >= 11 is 1.68. The number of rotatable bonds is 10. The number of methoxy groups -OCH3 is 1. The molecule has 1 heterocycles. The zero-order chi connectivity index (χ0) is 19.6. The average Bonchev–Trinajstić information content (AvgIpc) is 3.25. The Labute approximate surface area is 169 Å². The lowest BCUT2D eigenvalue weighted by atomic mass is 10.2. The first-order chi connectivity index (χ1) is 13.7. The topological polar surface area (TPSA) is 50.8 Å². The molecule has 146 valence electrons. The highest BCUT2D eigenvalue weighted by atomic mass is 32.1. The summed E-state index contributed by atoms with van der Waals surface area (Å²) in [6.07, 6.45) is 0. The van der Waals surface area contributed by atoms with E-state index in [1.54, 1.807) is 18.4 Å². The molecule has 0 fully saturated rings. The van der Waals surface area contributed by atoms with Gasteiger partial charge in [-0.3, -0.25) is 4.79 Å². The van der Waals surface area contributed by atoms with Crippen molar-refractivity contribution in [1.82, 2.24) is 5.32 Å². The van der Waals surface area contributed by atoms with Crippen LogP contribution in [0, 0.1) is 0 Å². The number of ether oxygens (including phenoxy) is 2. The predicted molar refractivity (Wildman–Crippen MR) is 113 cm³/mol. The SMILES string of the molecule is COc1ccc(N(CC(=O)NCCOc2ccccc2)Cc2cccs2)cc1. The maximum atomic E-state index is 12.5. The van der Waals surface area contributed by atoms with Gasteiger partial charge in [0.1, 0.15) is 18.1 Å². The van der Waals surface area contributed by atoms with E-state index in [1.165, 1.54) is 4.88 Å². The van der Waals surface area contributed by atoms with Gasteiger partial charge in [0.2, 0.25) is 5.91 Å². The lowest BCUT2D eigenvalue weighted by molar-refractivity contribution is -0.119. The molecular formula is C22H24N2O3S. The Balaban J connectivity index is 1.54. The van der Waals surface area contributed by atoms with Crippen LogP contribution in [-0.2, 0) is 11.3 Å². The van der Waals surface area contributed by atoms with E-state index in [2.05, 4.69) is 16.3 Å². The quantitative estimate of drug-likeness (QED) is 0.527. The summed E-state index contributed by atoms with van der Waals surface area (Å²) in [6, 6.07) is 21.4. The lowest BCUT2D eigenvalue weighted by Gasteiger charge is -2.24. The Morgan fingerprint density at radius 3 is 2.46 bits per heavy atom. The van der Waals surface area contributed by atoms with Gasteiger partial charge in [0.15, 0.2) is 0 Å². The molecule has 2 aromatic carbocycles. The van der Waals surface area contributed by atoms with Crippen molar-refractivity contribution in [3.8, 4) is 11.5 Å². The number of nitrogens with zero attached hydrogens (tertiary/aromatic N) is 1. The Morgan fingerprint density at radius 1 is 1.00 bits per heavy atom. The number of hydrogen-bond acceptors (Lipinski definition) is 5. The molecule has 1 N–H and O–H groups in total. The normalized spacial score (nSPS) is 10.3. The van der Waals surface area contributed by atoms with Gasteiger partial charge in [-0.05, 0) is 47.8 Å². The van der Waals surface area contributed by atoms with E-state index in [-0.39, 0.29) is 12.5 Å². The predicted octanol–water partition coefficient (Wildman–Crippen LogP) is 3.96. The molecule has 28 heavy (non-hydrogen) atoms. The molecule has 0 saturated heterocycles. The summed E-state index contributed by atoms with van der Waals surface area (Å²) < 4.78 is 10.8. The minimum Gasteiger partial charge on any atom is -0.497 e. The minimum absolute atomic E-state index is 0.0379. The van der Waals surface area contributed by atoms with Crippen LogP contribution in [0.25, 0.3) is 0 Å². The lowest BCUT2D eigenvalue weighted by Crippen LogP contribution is -2.38. The average molecular weight is 397 g/mol. The van der Waals surface area contributed by atoms with E-state index >= 15 is 0 Å². The van der Waals surface area contributed by atoms with Crippen LogP contribution in [0.3, 0.4) is 0 Å². The van der Waals surface area contributed by atoms with Gasteiger partial charge in [0.25, 0.3) is 0 Å². The van der Waals surface area contributed by atoms with Crippen molar-refractivity contribution in [2.45, 2.75) is 6.54 Å². The fourth-order valence-electron chi connectivity index (χ4n) is 2.73. The molecule has 1 amide bonds. The van der Waals surface area contributed by atoms with Gasteiger partial charge >= 0.3 is 0 Å². The van der Waals surface area contributed by atoms with Crippen LogP contribution in [0.2, 0.25) is 0 Å². The van der Waals surface area contributed by atoms with E-state index in [0.29, 0.717) is 19.7 Å². The molecule has 0 unspecified atom stereocenters. The van der Waals surface area contributed by atoms with Crippen molar-refractivity contribution in [3.05, 3.63) is 77.0 Å². The fraction of sp³-hybridized carbons (Fsp3) is 0.227. The highest BCUT2D eigenvalue weighted by Gasteiger charge is 2.13. The molecule has 0 aliphatic heterocycles. The Morgan fingerprint density at radius 2 is 1.79 bits per heavy atom. The first kappa shape index (κ1) is 19.8. The Kier molecular flexibility index (Phi) is 7.32. The summed E-state index contributed by atoms with van der Waals surface area (Å²) in [7, 11) is 1.64. The van der Waals surface area contributed by atoms with E-state index in [9.17, 15) is 4.79 Å². The number of hydrogen-bond donors (Lipinski definition) is 1. The number of carbonyl (C=O) groups excluding carboxylic acids is 1. The van der Waals surface area contributed by atoms with Gasteiger partial charge in [-0.15, -0.1) is 11.3 Å². The van der Waals surface area contributed by atoms with Crippen molar-refractivity contribution in [3.63, 3.8) is 0 Å². The first-order valence-electron chi connectivity index (χ1n) is 9.10. The molecule has 3 rings (SSSR count). The standard InChI is InChI=1S/C22H24N2O3S/c1-26-19-11-9-18(10-12-19)24(16-21-8-5-15-28-21)17-22(25)23-13-14-27-20-6-3-2-4-7-20/h2-12,15H,13-14,16-17H2,1H3,(H,23,25). The number of amides is 1. The Hall–Kier alpha value is -2.99. The van der Waals surface area contributed by atoms with Crippen LogP contribution in [0.4, 0.5) is 5.69 Å². The minimum atomic E-state index is -0.0379. The van der Waals surface area contributed by atoms with Crippen molar-refractivity contribution in [2.24, 2.45) is 0 Å². The summed E-state index contributed by atoms with van der Waals surface area (Å²) in [5.74, 6) is 1.56. The van der Waals surface area contributed by atoms with E-state index in [4.69, 9.17) is 9.47 Å². The summed E-state index contributed by atoms with van der Waals surface area (Å²) in [4.78, 5) is 15.7. The highest BCUT2D eigenvalue weighted by Crippen LogP contribution is 2.22. The molecular weight excluding hydrogens is 372 g/mol. The molecule has 1 aromatic heterocycles. The molecule has 5 nitrogen and oxygen atoms in total. The van der Waals surface area contributed by atoms with Crippen molar-refractivity contribution >= 4 is 22.9 Å². The van der Waals surface area contributed by atoms with Crippen LogP contribution in [0.1, 0.15) is 4.88 Å². The maximum absolute atomic E-state index is 12.5. The third-order valence-corrected chi connectivity index (χ3v) is 5.00. The monoisotopic (exact) mass is 396 g/mol. The number of nitrogens with one attached hydrogen (secondary N) is 1. The highest BCUT2D eigenvalue weighted by molar-refractivity contribution is 7.09. The fourth-order valence-corrected chi connectivity index (χ4v) is 3.45. The van der Waals surface area contributed by atoms with Crippen LogP contribution >= 0.6 is 11.3 Å². The second-order valence-electron chi connectivity index (χ2n) is 6.14. The first-order valence-corrected chi connectivity index (χ1v) is 9.98. The molecule has 0 bridgehead atoms. The molecule has 6 heteroatoms. The van der Waals surface area contributed by atoms with Crippen molar-refractivity contribution < 1.29 is 14.3 Å². The molecule has 0 aliphatic carbocycles. The number of carbonyl (C=O) groups is 1. The second-order valence-corrected chi connectivity index (χ2v) is 7.18. The number of benzene rings is 2. The molecule has 0 saturated carbocycles. The summed E-state index contributed by atoms with van der Waals surface area (Å²) in [6.45, 7) is 1.85. The van der Waals surface area contributed by atoms with E-state index < -0.39 is 0 Å². The summed E-state index contributed by atoms with van der Waals surface area (Å²) in [5, 5.41) is 4.97. The number of anilines is 1. The maximum Gasteiger partial charge on any atom is 0.239 e. The largest absolute Gasteiger partial charge is 0.497 e. The van der Waals surface area contributed by atoms with Gasteiger partial charge in [0.05, 0.1) is 26.7 Å². The molecule has 0 spiro atoms. The van der Waals surface area contributed by atoms with Crippen LogP contribution in [0.5, 0.6) is 11.5 Å². The van der Waals surface area contributed by atoms with E-state index in [1.807, 2.05) is 66.0 Å². The van der Waals surface area contributed by atoms with Gasteiger partial charge < -0.3 is 19.7 Å². The zero-order valence-electron chi connectivity index (χ0n) is 15.8. The van der Waals surface area contributed by atoms with Crippen molar-refractivity contribution in [2.75, 3.05) is 31.7 Å². The van der Waals surface area contributed by atoms with Gasteiger partial charge in [-0.1, -0.05) is 24.3 Å². The Bertz CT molecular complexity index is 836. The zero-order valence-corrected chi connectivity index (χ0v) is 16.7. The third kappa shape index (κ3) is 6.03. The van der Waals surface area contributed by atoms with E-state index in [0.717, 1.165) is 17.2 Å².